The number of benzene rings is 1. The number of aromatic nitrogens is 2. The molecule has 0 spiro atoms. The van der Waals surface area contributed by atoms with Gasteiger partial charge >= 0.3 is 0 Å². The average molecular weight is 220 g/mol. The normalized spacial score (nSPS) is 10.3. The highest BCUT2D eigenvalue weighted by Crippen LogP contribution is 2.27. The lowest BCUT2D eigenvalue weighted by molar-refractivity contribution is 0.579. The summed E-state index contributed by atoms with van der Waals surface area (Å²) in [4.78, 5) is 8.44. The molecule has 0 atom stereocenters. The van der Waals surface area contributed by atoms with Crippen LogP contribution in [0.2, 0.25) is 0 Å². The van der Waals surface area contributed by atoms with Crippen LogP contribution in [0.3, 0.4) is 0 Å². The second kappa shape index (κ2) is 4.40. The maximum atomic E-state index is 13.2. The fourth-order valence-corrected chi connectivity index (χ4v) is 1.84. The van der Waals surface area contributed by atoms with Crippen molar-refractivity contribution in [3.63, 3.8) is 0 Å². The van der Waals surface area contributed by atoms with Crippen LogP contribution in [-0.2, 0) is 0 Å². The van der Waals surface area contributed by atoms with Crippen LogP contribution in [-0.4, -0.2) is 9.97 Å². The standard InChI is InChI=1S/C11H9FN2S/c1-8-2-4-9(5-3-8)15-11-10(12)6-13-7-14-11/h2-7H,1H3. The van der Waals surface area contributed by atoms with Gasteiger partial charge in [-0.05, 0) is 19.1 Å². The molecule has 0 unspecified atom stereocenters. The molecule has 1 aromatic heterocycles. The molecule has 1 aromatic carbocycles. The molecular weight excluding hydrogens is 211 g/mol. The van der Waals surface area contributed by atoms with Gasteiger partial charge in [0, 0.05) is 4.90 Å². The van der Waals surface area contributed by atoms with Crippen molar-refractivity contribution in [1.29, 1.82) is 0 Å². The van der Waals surface area contributed by atoms with Gasteiger partial charge in [-0.2, -0.15) is 0 Å². The molecule has 0 N–H and O–H groups in total. The molecule has 15 heavy (non-hydrogen) atoms. The van der Waals surface area contributed by atoms with Crippen molar-refractivity contribution in [3.05, 3.63) is 48.2 Å². The predicted molar refractivity (Wildman–Crippen MR) is 57.3 cm³/mol. The lowest BCUT2D eigenvalue weighted by Crippen LogP contribution is -1.87. The second-order valence-electron chi connectivity index (χ2n) is 3.09. The summed E-state index contributed by atoms with van der Waals surface area (Å²) in [6.45, 7) is 2.01. The molecule has 0 aliphatic heterocycles. The summed E-state index contributed by atoms with van der Waals surface area (Å²) < 4.78 is 13.2. The minimum Gasteiger partial charge on any atom is -0.242 e. The van der Waals surface area contributed by atoms with Crippen molar-refractivity contribution in [1.82, 2.24) is 9.97 Å². The Labute approximate surface area is 91.6 Å². The monoisotopic (exact) mass is 220 g/mol. The summed E-state index contributed by atoms with van der Waals surface area (Å²) in [6, 6.07) is 7.87. The molecule has 0 radical (unpaired) electrons. The third kappa shape index (κ3) is 2.53. The quantitative estimate of drug-likeness (QED) is 0.727. The molecule has 76 valence electrons. The maximum Gasteiger partial charge on any atom is 0.174 e. The Morgan fingerprint density at radius 2 is 1.93 bits per heavy atom. The van der Waals surface area contributed by atoms with Gasteiger partial charge in [0.2, 0.25) is 0 Å². The van der Waals surface area contributed by atoms with E-state index in [0.717, 1.165) is 4.90 Å². The molecule has 0 amide bonds. The van der Waals surface area contributed by atoms with Crippen LogP contribution in [0.4, 0.5) is 4.39 Å². The Morgan fingerprint density at radius 3 is 2.60 bits per heavy atom. The molecule has 1 heterocycles. The summed E-state index contributed by atoms with van der Waals surface area (Å²) in [5, 5.41) is 0.355. The lowest BCUT2D eigenvalue weighted by Gasteiger charge is -2.01. The largest absolute Gasteiger partial charge is 0.242 e. The van der Waals surface area contributed by atoms with Crippen molar-refractivity contribution < 1.29 is 4.39 Å². The number of hydrogen-bond acceptors (Lipinski definition) is 3. The van der Waals surface area contributed by atoms with Crippen LogP contribution in [0.1, 0.15) is 5.56 Å². The van der Waals surface area contributed by atoms with E-state index in [2.05, 4.69) is 9.97 Å². The van der Waals surface area contributed by atoms with Crippen molar-refractivity contribution in [2.24, 2.45) is 0 Å². The van der Waals surface area contributed by atoms with E-state index in [9.17, 15) is 4.39 Å². The molecule has 0 saturated carbocycles. The van der Waals surface area contributed by atoms with E-state index in [0.29, 0.717) is 5.03 Å². The Bertz CT molecular complexity index is 456. The molecule has 0 bridgehead atoms. The maximum absolute atomic E-state index is 13.2. The number of hydrogen-bond donors (Lipinski definition) is 0. The molecule has 2 rings (SSSR count). The highest BCUT2D eigenvalue weighted by atomic mass is 32.2. The van der Waals surface area contributed by atoms with Crippen molar-refractivity contribution in [3.8, 4) is 0 Å². The zero-order valence-corrected chi connectivity index (χ0v) is 8.96. The van der Waals surface area contributed by atoms with Crippen LogP contribution in [0, 0.1) is 12.7 Å². The average Bonchev–Trinajstić information content (AvgIpc) is 2.25. The molecule has 0 saturated heterocycles. The summed E-state index contributed by atoms with van der Waals surface area (Å²) in [5.41, 5.74) is 1.18. The van der Waals surface area contributed by atoms with Gasteiger partial charge in [-0.25, -0.2) is 14.4 Å². The van der Waals surface area contributed by atoms with Crippen molar-refractivity contribution in [2.45, 2.75) is 16.8 Å². The third-order valence-electron chi connectivity index (χ3n) is 1.87. The molecule has 0 aliphatic carbocycles. The number of aryl methyl sites for hydroxylation is 1. The first kappa shape index (κ1) is 10.1. The van der Waals surface area contributed by atoms with E-state index in [4.69, 9.17) is 0 Å². The van der Waals surface area contributed by atoms with E-state index in [1.165, 1.54) is 29.8 Å². The smallest absolute Gasteiger partial charge is 0.174 e. The number of nitrogens with zero attached hydrogens (tertiary/aromatic N) is 2. The van der Waals surface area contributed by atoms with Gasteiger partial charge in [-0.3, -0.25) is 0 Å². The van der Waals surface area contributed by atoms with E-state index < -0.39 is 0 Å². The zero-order chi connectivity index (χ0) is 10.7. The van der Waals surface area contributed by atoms with Gasteiger partial charge in [0.25, 0.3) is 0 Å². The van der Waals surface area contributed by atoms with E-state index >= 15 is 0 Å². The van der Waals surface area contributed by atoms with Crippen molar-refractivity contribution >= 4 is 11.8 Å². The molecular formula is C11H9FN2S. The van der Waals surface area contributed by atoms with Gasteiger partial charge in [-0.1, -0.05) is 29.5 Å². The van der Waals surface area contributed by atoms with Gasteiger partial charge in [-0.15, -0.1) is 0 Å². The Kier molecular flexibility index (Phi) is 2.97. The van der Waals surface area contributed by atoms with Crippen LogP contribution in [0.15, 0.2) is 46.7 Å². The van der Waals surface area contributed by atoms with Gasteiger partial charge < -0.3 is 0 Å². The minimum absolute atomic E-state index is 0.355. The predicted octanol–water partition coefficient (Wildman–Crippen LogP) is 3.08. The van der Waals surface area contributed by atoms with Crippen LogP contribution in [0.25, 0.3) is 0 Å². The van der Waals surface area contributed by atoms with Crippen molar-refractivity contribution in [2.75, 3.05) is 0 Å². The summed E-state index contributed by atoms with van der Waals surface area (Å²) >= 11 is 1.30. The van der Waals surface area contributed by atoms with Gasteiger partial charge in [0.05, 0.1) is 6.20 Å². The van der Waals surface area contributed by atoms with Crippen LogP contribution in [0.5, 0.6) is 0 Å². The van der Waals surface area contributed by atoms with Crippen LogP contribution < -0.4 is 0 Å². The molecule has 4 heteroatoms. The molecule has 0 fully saturated rings. The first-order valence-corrected chi connectivity index (χ1v) is 5.27. The SMILES string of the molecule is Cc1ccc(Sc2ncncc2F)cc1. The topological polar surface area (TPSA) is 25.8 Å². The second-order valence-corrected chi connectivity index (χ2v) is 4.15. The first-order valence-electron chi connectivity index (χ1n) is 4.46. The third-order valence-corrected chi connectivity index (χ3v) is 2.87. The summed E-state index contributed by atoms with van der Waals surface area (Å²) in [7, 11) is 0. The van der Waals surface area contributed by atoms with Crippen LogP contribution >= 0.6 is 11.8 Å². The van der Waals surface area contributed by atoms with Gasteiger partial charge in [0.15, 0.2) is 5.82 Å². The lowest BCUT2D eigenvalue weighted by atomic mass is 10.2. The Hall–Kier alpha value is -1.42. The summed E-state index contributed by atoms with van der Waals surface area (Å²) in [6.07, 6.45) is 2.52. The number of halogens is 1. The molecule has 2 aromatic rings. The minimum atomic E-state index is -0.386. The highest BCUT2D eigenvalue weighted by molar-refractivity contribution is 7.99. The number of rotatable bonds is 2. The Balaban J connectivity index is 2.22. The van der Waals surface area contributed by atoms with E-state index in [1.807, 2.05) is 31.2 Å². The highest BCUT2D eigenvalue weighted by Gasteiger charge is 2.04. The van der Waals surface area contributed by atoms with Gasteiger partial charge in [0.1, 0.15) is 11.4 Å². The first-order chi connectivity index (χ1) is 7.25. The zero-order valence-electron chi connectivity index (χ0n) is 8.14. The molecule has 0 aliphatic rings. The Morgan fingerprint density at radius 1 is 1.20 bits per heavy atom. The van der Waals surface area contributed by atoms with E-state index in [1.54, 1.807) is 0 Å². The molecule has 2 nitrogen and oxygen atoms in total. The summed E-state index contributed by atoms with van der Waals surface area (Å²) in [5.74, 6) is -0.386. The fourth-order valence-electron chi connectivity index (χ4n) is 1.09. The van der Waals surface area contributed by atoms with E-state index in [-0.39, 0.29) is 5.82 Å². The fraction of sp³-hybridized carbons (Fsp3) is 0.0909.